The molecule has 2 nitrogen and oxygen atoms in total. The second-order valence-corrected chi connectivity index (χ2v) is 5.07. The highest BCUT2D eigenvalue weighted by Gasteiger charge is 2.05. The quantitative estimate of drug-likeness (QED) is 0.703. The molecule has 0 spiro atoms. The van der Waals surface area contributed by atoms with E-state index in [4.69, 9.17) is 27.6 Å². The molecule has 0 bridgehead atoms. The summed E-state index contributed by atoms with van der Waals surface area (Å²) in [5.74, 6) is 0.859. The van der Waals surface area contributed by atoms with Crippen LogP contribution in [-0.2, 0) is 6.54 Å². The Morgan fingerprint density at radius 1 is 1.00 bits per heavy atom. The Balaban J connectivity index is 1.80. The number of anilines is 1. The molecule has 96 valence electrons. The average molecular weight is 292 g/mol. The van der Waals surface area contributed by atoms with Gasteiger partial charge in [0.05, 0.1) is 17.3 Å². The Labute approximate surface area is 120 Å². The zero-order chi connectivity index (χ0) is 13.2. The first-order valence-corrected chi connectivity index (χ1v) is 6.64. The molecule has 0 atom stereocenters. The Morgan fingerprint density at radius 3 is 2.68 bits per heavy atom. The topological polar surface area (TPSA) is 25.2 Å². The van der Waals surface area contributed by atoms with E-state index in [1.807, 2.05) is 30.3 Å². The van der Waals surface area contributed by atoms with Crippen molar-refractivity contribution in [3.63, 3.8) is 0 Å². The molecule has 1 aromatic heterocycles. The molecule has 2 aromatic carbocycles. The summed E-state index contributed by atoms with van der Waals surface area (Å²) in [5, 5.41) is 5.60. The molecule has 0 fully saturated rings. The summed E-state index contributed by atoms with van der Waals surface area (Å²) >= 11 is 12.0. The zero-order valence-corrected chi connectivity index (χ0v) is 11.5. The van der Waals surface area contributed by atoms with Gasteiger partial charge in [-0.1, -0.05) is 41.4 Å². The highest BCUT2D eigenvalue weighted by atomic mass is 35.5. The van der Waals surface area contributed by atoms with Gasteiger partial charge in [0.15, 0.2) is 0 Å². The maximum absolute atomic E-state index is 6.09. The summed E-state index contributed by atoms with van der Waals surface area (Å²) in [6.07, 6.45) is 0. The van der Waals surface area contributed by atoms with Crippen LogP contribution in [-0.4, -0.2) is 0 Å². The Kier molecular flexibility index (Phi) is 3.36. The van der Waals surface area contributed by atoms with Crippen LogP contribution in [0, 0.1) is 0 Å². The van der Waals surface area contributed by atoms with E-state index < -0.39 is 0 Å². The summed E-state index contributed by atoms with van der Waals surface area (Å²) in [6, 6.07) is 15.3. The van der Waals surface area contributed by atoms with Crippen molar-refractivity contribution in [1.82, 2.24) is 0 Å². The fraction of sp³-hybridized carbons (Fsp3) is 0.0667. The summed E-state index contributed by atoms with van der Waals surface area (Å²) < 4.78 is 5.72. The van der Waals surface area contributed by atoms with Crippen LogP contribution in [0.4, 0.5) is 5.69 Å². The zero-order valence-electron chi connectivity index (χ0n) is 9.99. The van der Waals surface area contributed by atoms with Crippen molar-refractivity contribution in [1.29, 1.82) is 0 Å². The summed E-state index contributed by atoms with van der Waals surface area (Å²) in [5.41, 5.74) is 1.69. The molecule has 1 heterocycles. The third kappa shape index (κ3) is 2.70. The van der Waals surface area contributed by atoms with Gasteiger partial charge in [0.1, 0.15) is 11.3 Å². The van der Waals surface area contributed by atoms with Crippen molar-refractivity contribution in [2.45, 2.75) is 6.54 Å². The first-order chi connectivity index (χ1) is 9.22. The molecule has 0 radical (unpaired) electrons. The van der Waals surface area contributed by atoms with E-state index in [0.717, 1.165) is 22.4 Å². The molecule has 1 N–H and O–H groups in total. The van der Waals surface area contributed by atoms with Gasteiger partial charge in [-0.05, 0) is 30.3 Å². The fourth-order valence-corrected chi connectivity index (χ4v) is 2.30. The van der Waals surface area contributed by atoms with Crippen molar-refractivity contribution in [2.75, 3.05) is 5.32 Å². The van der Waals surface area contributed by atoms with Gasteiger partial charge in [0, 0.05) is 10.4 Å². The van der Waals surface area contributed by atoms with Gasteiger partial charge in [-0.25, -0.2) is 0 Å². The number of hydrogen-bond donors (Lipinski definition) is 1. The lowest BCUT2D eigenvalue weighted by Gasteiger charge is -2.06. The average Bonchev–Trinajstić information content (AvgIpc) is 2.82. The van der Waals surface area contributed by atoms with Crippen LogP contribution in [0.1, 0.15) is 5.76 Å². The Bertz CT molecular complexity index is 688. The number of para-hydroxylation sites is 1. The molecule has 3 aromatic rings. The lowest BCUT2D eigenvalue weighted by Crippen LogP contribution is -1.98. The van der Waals surface area contributed by atoms with Gasteiger partial charge in [-0.2, -0.15) is 0 Å². The van der Waals surface area contributed by atoms with Gasteiger partial charge in [-0.3, -0.25) is 0 Å². The summed E-state index contributed by atoms with van der Waals surface area (Å²) in [6.45, 7) is 0.564. The van der Waals surface area contributed by atoms with Crippen molar-refractivity contribution in [3.05, 3.63) is 64.3 Å². The second-order valence-electron chi connectivity index (χ2n) is 4.23. The smallest absolute Gasteiger partial charge is 0.134 e. The van der Waals surface area contributed by atoms with Crippen LogP contribution >= 0.6 is 23.2 Å². The van der Waals surface area contributed by atoms with Gasteiger partial charge in [0.2, 0.25) is 0 Å². The van der Waals surface area contributed by atoms with Crippen molar-refractivity contribution < 1.29 is 4.42 Å². The Morgan fingerprint density at radius 2 is 1.84 bits per heavy atom. The number of rotatable bonds is 3. The molecule has 3 rings (SSSR count). The number of benzene rings is 2. The molecule has 0 unspecified atom stereocenters. The van der Waals surface area contributed by atoms with Crippen LogP contribution in [0.2, 0.25) is 10.0 Å². The van der Waals surface area contributed by atoms with E-state index in [0.29, 0.717) is 16.6 Å². The first kappa shape index (κ1) is 12.4. The second kappa shape index (κ2) is 5.16. The molecule has 0 aliphatic rings. The van der Waals surface area contributed by atoms with Gasteiger partial charge >= 0.3 is 0 Å². The van der Waals surface area contributed by atoms with Crippen LogP contribution in [0.5, 0.6) is 0 Å². The SMILES string of the molecule is Clc1ccc(Cl)c(NCc2cc3ccccc3o2)c1. The maximum atomic E-state index is 6.09. The minimum atomic E-state index is 0.564. The largest absolute Gasteiger partial charge is 0.459 e. The van der Waals surface area contributed by atoms with Gasteiger partial charge in [-0.15, -0.1) is 0 Å². The lowest BCUT2D eigenvalue weighted by atomic mass is 10.2. The fourth-order valence-electron chi connectivity index (χ4n) is 1.94. The van der Waals surface area contributed by atoms with Crippen molar-refractivity contribution >= 4 is 39.9 Å². The molecule has 19 heavy (non-hydrogen) atoms. The predicted molar refractivity (Wildman–Crippen MR) is 80.0 cm³/mol. The van der Waals surface area contributed by atoms with E-state index in [2.05, 4.69) is 5.32 Å². The number of nitrogens with one attached hydrogen (secondary N) is 1. The van der Waals surface area contributed by atoms with Crippen molar-refractivity contribution in [3.8, 4) is 0 Å². The van der Waals surface area contributed by atoms with Gasteiger partial charge in [0.25, 0.3) is 0 Å². The number of hydrogen-bond acceptors (Lipinski definition) is 2. The minimum Gasteiger partial charge on any atom is -0.459 e. The number of fused-ring (bicyclic) bond motifs is 1. The van der Waals surface area contributed by atoms with E-state index in [1.54, 1.807) is 18.2 Å². The van der Waals surface area contributed by atoms with E-state index in [-0.39, 0.29) is 0 Å². The monoisotopic (exact) mass is 291 g/mol. The van der Waals surface area contributed by atoms with Crippen molar-refractivity contribution in [2.24, 2.45) is 0 Å². The molecular formula is C15H11Cl2NO. The molecule has 4 heteroatoms. The number of furan rings is 1. The van der Waals surface area contributed by atoms with E-state index >= 15 is 0 Å². The minimum absolute atomic E-state index is 0.564. The number of halogens is 2. The van der Waals surface area contributed by atoms with Crippen LogP contribution in [0.3, 0.4) is 0 Å². The van der Waals surface area contributed by atoms with Crippen LogP contribution < -0.4 is 5.32 Å². The van der Waals surface area contributed by atoms with Crippen LogP contribution in [0.25, 0.3) is 11.0 Å². The molecule has 0 aliphatic carbocycles. The summed E-state index contributed by atoms with van der Waals surface area (Å²) in [4.78, 5) is 0. The molecule has 0 saturated heterocycles. The predicted octanol–water partition coefficient (Wildman–Crippen LogP) is 5.35. The summed E-state index contributed by atoms with van der Waals surface area (Å²) in [7, 11) is 0. The maximum Gasteiger partial charge on any atom is 0.134 e. The van der Waals surface area contributed by atoms with E-state index in [9.17, 15) is 0 Å². The molecule has 0 aliphatic heterocycles. The van der Waals surface area contributed by atoms with E-state index in [1.165, 1.54) is 0 Å². The molecule has 0 amide bonds. The molecule has 0 saturated carbocycles. The highest BCUT2D eigenvalue weighted by Crippen LogP contribution is 2.26. The third-order valence-electron chi connectivity index (χ3n) is 2.86. The van der Waals surface area contributed by atoms with Crippen LogP contribution in [0.15, 0.2) is 52.9 Å². The normalized spacial score (nSPS) is 10.8. The third-order valence-corrected chi connectivity index (χ3v) is 3.42. The van der Waals surface area contributed by atoms with Gasteiger partial charge < -0.3 is 9.73 Å². The standard InChI is InChI=1S/C15H11Cl2NO/c16-11-5-6-13(17)14(8-11)18-9-12-7-10-3-1-2-4-15(10)19-12/h1-8,18H,9H2. The Hall–Kier alpha value is -1.64. The lowest BCUT2D eigenvalue weighted by molar-refractivity contribution is 0.559. The first-order valence-electron chi connectivity index (χ1n) is 5.89. The highest BCUT2D eigenvalue weighted by molar-refractivity contribution is 6.35. The molecular weight excluding hydrogens is 281 g/mol.